The minimum absolute atomic E-state index is 0.238. The number of β-lactam (4-membered cyclic amide) rings is 1. The molecule has 0 aromatic heterocycles. The van der Waals surface area contributed by atoms with Gasteiger partial charge in [0.25, 0.3) is 5.91 Å². The van der Waals surface area contributed by atoms with E-state index in [1.165, 1.54) is 23.8 Å². The summed E-state index contributed by atoms with van der Waals surface area (Å²) in [4.78, 5) is 44.6. The Morgan fingerprint density at radius 1 is 1.63 bits per heavy atom. The predicted molar refractivity (Wildman–Crippen MR) is 66.5 cm³/mol. The minimum Gasteiger partial charge on any atom is -0.344 e. The molecule has 2 heterocycles. The molecular weight excluding hydrogens is 272 g/mol. The summed E-state index contributed by atoms with van der Waals surface area (Å²) in [6, 6.07) is -0.578. The molecule has 1 saturated heterocycles. The molecular formula is C11H14N2O5S. The van der Waals surface area contributed by atoms with Gasteiger partial charge in [-0.05, 0) is 12.0 Å². The Bertz CT molecular complexity index is 450. The Morgan fingerprint density at radius 2 is 2.37 bits per heavy atom. The van der Waals surface area contributed by atoms with Crippen molar-refractivity contribution in [2.24, 2.45) is 0 Å². The van der Waals surface area contributed by atoms with E-state index >= 15 is 0 Å². The van der Waals surface area contributed by atoms with Crippen molar-refractivity contribution in [1.29, 1.82) is 0 Å². The first-order chi connectivity index (χ1) is 9.15. The van der Waals surface area contributed by atoms with Crippen LogP contribution in [0.15, 0.2) is 11.3 Å². The highest BCUT2D eigenvalue weighted by molar-refractivity contribution is 8.00. The van der Waals surface area contributed by atoms with Crippen LogP contribution in [-0.2, 0) is 24.2 Å². The van der Waals surface area contributed by atoms with E-state index in [0.29, 0.717) is 18.6 Å². The summed E-state index contributed by atoms with van der Waals surface area (Å²) in [5, 5.41) is 2.20. The highest BCUT2D eigenvalue weighted by Crippen LogP contribution is 2.41. The van der Waals surface area contributed by atoms with Gasteiger partial charge < -0.3 is 5.32 Å². The van der Waals surface area contributed by atoms with E-state index in [0.717, 1.165) is 5.57 Å². The molecule has 1 N–H and O–H groups in total. The molecule has 0 unspecified atom stereocenters. The number of amides is 2. The lowest BCUT2D eigenvalue weighted by molar-refractivity contribution is -0.252. The van der Waals surface area contributed by atoms with Crippen molar-refractivity contribution in [3.8, 4) is 0 Å². The van der Waals surface area contributed by atoms with Gasteiger partial charge in [0.05, 0.1) is 7.11 Å². The second-order valence-corrected chi connectivity index (χ2v) is 5.12. The molecule has 0 bridgehead atoms. The lowest BCUT2D eigenvalue weighted by Gasteiger charge is -2.49. The molecule has 0 radical (unpaired) electrons. The smallest absolute Gasteiger partial charge is 0.344 e. The molecule has 0 aromatic carbocycles. The van der Waals surface area contributed by atoms with Crippen LogP contribution in [-0.4, -0.2) is 47.5 Å². The monoisotopic (exact) mass is 286 g/mol. The molecule has 0 aliphatic carbocycles. The number of carbonyl (C=O) groups excluding carboxylic acids is 3. The molecule has 19 heavy (non-hydrogen) atoms. The first kappa shape index (κ1) is 13.9. The quantitative estimate of drug-likeness (QED) is 0.326. The second kappa shape index (κ2) is 5.62. The normalized spacial score (nSPS) is 25.6. The van der Waals surface area contributed by atoms with Crippen molar-refractivity contribution in [3.05, 3.63) is 11.3 Å². The summed E-state index contributed by atoms with van der Waals surface area (Å²) >= 11 is 1.51. The zero-order valence-corrected chi connectivity index (χ0v) is 11.4. The molecule has 2 atom stereocenters. The molecule has 104 valence electrons. The van der Waals surface area contributed by atoms with Crippen molar-refractivity contribution in [2.75, 3.05) is 12.9 Å². The van der Waals surface area contributed by atoms with Crippen LogP contribution >= 0.6 is 11.8 Å². The van der Waals surface area contributed by atoms with E-state index in [-0.39, 0.29) is 17.0 Å². The fraction of sp³-hybridized carbons (Fsp3) is 0.545. The van der Waals surface area contributed by atoms with Crippen LogP contribution in [0.4, 0.5) is 0 Å². The van der Waals surface area contributed by atoms with Gasteiger partial charge in [0.1, 0.15) is 17.1 Å². The largest absolute Gasteiger partial charge is 0.389 e. The standard InChI is InChI=1S/C11H14N2O5S/c1-3-6-4-19-10-7(12-5-14)9(15)13(10)8(6)11(16)18-17-2/h5,7,10H,3-4H2,1-2H3,(H,12,14)/t7-,10-/m1/s1. The van der Waals surface area contributed by atoms with Gasteiger partial charge in [-0.2, -0.15) is 4.89 Å². The number of nitrogens with zero attached hydrogens (tertiary/aromatic N) is 1. The van der Waals surface area contributed by atoms with Crippen LogP contribution in [0.1, 0.15) is 13.3 Å². The Balaban J connectivity index is 2.27. The maximum Gasteiger partial charge on any atom is 0.389 e. The third-order valence-electron chi connectivity index (χ3n) is 3.07. The average Bonchev–Trinajstić information content (AvgIpc) is 2.43. The summed E-state index contributed by atoms with van der Waals surface area (Å²) < 4.78 is 0. The van der Waals surface area contributed by atoms with E-state index < -0.39 is 12.0 Å². The molecule has 2 aliphatic rings. The van der Waals surface area contributed by atoms with E-state index in [1.54, 1.807) is 0 Å². The summed E-state index contributed by atoms with van der Waals surface area (Å²) in [5.74, 6) is -0.364. The number of rotatable bonds is 5. The van der Waals surface area contributed by atoms with E-state index in [4.69, 9.17) is 0 Å². The lowest BCUT2D eigenvalue weighted by atomic mass is 10.0. The molecule has 0 saturated carbocycles. The van der Waals surface area contributed by atoms with Crippen LogP contribution in [0.25, 0.3) is 0 Å². The Kier molecular flexibility index (Phi) is 4.11. The number of fused-ring (bicyclic) bond motifs is 1. The Morgan fingerprint density at radius 3 is 2.95 bits per heavy atom. The molecule has 8 heteroatoms. The highest BCUT2D eigenvalue weighted by atomic mass is 32.2. The molecule has 7 nitrogen and oxygen atoms in total. The molecule has 2 amide bonds. The van der Waals surface area contributed by atoms with E-state index in [2.05, 4.69) is 15.1 Å². The van der Waals surface area contributed by atoms with Crippen LogP contribution in [0.3, 0.4) is 0 Å². The van der Waals surface area contributed by atoms with Crippen LogP contribution < -0.4 is 5.32 Å². The molecule has 0 spiro atoms. The zero-order valence-electron chi connectivity index (χ0n) is 10.5. The van der Waals surface area contributed by atoms with Gasteiger partial charge in [0.2, 0.25) is 6.41 Å². The Labute approximate surface area is 114 Å². The second-order valence-electron chi connectivity index (χ2n) is 4.02. The number of thioether (sulfide) groups is 1. The van der Waals surface area contributed by atoms with Crippen LogP contribution in [0.2, 0.25) is 0 Å². The fourth-order valence-electron chi connectivity index (χ4n) is 2.15. The molecule has 1 fully saturated rings. The third kappa shape index (κ3) is 2.21. The number of hydrogen-bond acceptors (Lipinski definition) is 6. The summed E-state index contributed by atoms with van der Waals surface area (Å²) in [6.45, 7) is 1.90. The third-order valence-corrected chi connectivity index (χ3v) is 4.41. The van der Waals surface area contributed by atoms with Gasteiger partial charge in [-0.15, -0.1) is 11.8 Å². The van der Waals surface area contributed by atoms with Gasteiger partial charge >= 0.3 is 5.97 Å². The number of hydrogen-bond donors (Lipinski definition) is 1. The fourth-order valence-corrected chi connectivity index (χ4v) is 3.61. The lowest BCUT2D eigenvalue weighted by Crippen LogP contribution is -2.69. The van der Waals surface area contributed by atoms with E-state index in [1.807, 2.05) is 6.92 Å². The van der Waals surface area contributed by atoms with Gasteiger partial charge in [-0.3, -0.25) is 19.4 Å². The first-order valence-corrected chi connectivity index (χ1v) is 6.82. The maximum absolute atomic E-state index is 12.0. The van der Waals surface area contributed by atoms with E-state index in [9.17, 15) is 14.4 Å². The van der Waals surface area contributed by atoms with Crippen molar-refractivity contribution in [1.82, 2.24) is 10.2 Å². The van der Waals surface area contributed by atoms with Gasteiger partial charge in [-0.1, -0.05) is 6.92 Å². The van der Waals surface area contributed by atoms with Crippen molar-refractivity contribution < 1.29 is 24.2 Å². The van der Waals surface area contributed by atoms with Gasteiger partial charge in [-0.25, -0.2) is 4.79 Å². The maximum atomic E-state index is 12.0. The Hall–Kier alpha value is -1.54. The summed E-state index contributed by atoms with van der Waals surface area (Å²) in [7, 11) is 1.23. The predicted octanol–water partition coefficient (Wildman–Crippen LogP) is -0.215. The van der Waals surface area contributed by atoms with Crippen LogP contribution in [0.5, 0.6) is 0 Å². The van der Waals surface area contributed by atoms with Crippen molar-refractivity contribution in [3.63, 3.8) is 0 Å². The molecule has 2 rings (SSSR count). The zero-order chi connectivity index (χ0) is 14.0. The van der Waals surface area contributed by atoms with Crippen molar-refractivity contribution >= 4 is 30.0 Å². The minimum atomic E-state index is -0.678. The first-order valence-electron chi connectivity index (χ1n) is 5.77. The number of nitrogens with one attached hydrogen (secondary N) is 1. The molecule has 0 aromatic rings. The van der Waals surface area contributed by atoms with Crippen LogP contribution in [0, 0.1) is 0 Å². The van der Waals surface area contributed by atoms with Gasteiger partial charge in [0.15, 0.2) is 0 Å². The highest BCUT2D eigenvalue weighted by Gasteiger charge is 2.53. The SMILES string of the molecule is CCC1=C(C(=O)OOC)N2C(=O)[C@@H](NC=O)[C@H]2SC1. The topological polar surface area (TPSA) is 84.9 Å². The number of carbonyl (C=O) groups is 3. The van der Waals surface area contributed by atoms with Gasteiger partial charge in [0, 0.05) is 5.75 Å². The summed E-state index contributed by atoms with van der Waals surface area (Å²) in [5.41, 5.74) is 1.07. The molecule has 2 aliphatic heterocycles. The van der Waals surface area contributed by atoms with Crippen molar-refractivity contribution in [2.45, 2.75) is 24.8 Å². The summed E-state index contributed by atoms with van der Waals surface area (Å²) in [6.07, 6.45) is 1.14. The average molecular weight is 286 g/mol.